The minimum atomic E-state index is 0.498. The molecule has 0 saturated heterocycles. The zero-order valence-corrected chi connectivity index (χ0v) is 17.0. The van der Waals surface area contributed by atoms with Crippen LogP contribution in [0.4, 0.5) is 5.82 Å². The average molecular weight is 409 g/mol. The Morgan fingerprint density at radius 1 is 1.07 bits per heavy atom. The standard InChI is InChI=1S/C21H21ClN6O/c1-14-24-20(23-12-11-15-7-9-17(29-2)10-8-15)19-21(25-14)28(27-26-19)13-16-5-3-4-6-18(16)22/h3-10H,11-13H2,1-2H3,(H,23,24,25). The van der Waals surface area contributed by atoms with Crippen LogP contribution >= 0.6 is 11.6 Å². The highest BCUT2D eigenvalue weighted by Crippen LogP contribution is 2.21. The van der Waals surface area contributed by atoms with Crippen LogP contribution in [0, 0.1) is 6.92 Å². The summed E-state index contributed by atoms with van der Waals surface area (Å²) < 4.78 is 6.95. The molecular weight excluding hydrogens is 388 g/mol. The number of hydrogen-bond acceptors (Lipinski definition) is 6. The number of hydrogen-bond donors (Lipinski definition) is 1. The smallest absolute Gasteiger partial charge is 0.184 e. The number of aryl methyl sites for hydroxylation is 1. The molecule has 0 aliphatic rings. The fourth-order valence-corrected chi connectivity index (χ4v) is 3.30. The van der Waals surface area contributed by atoms with E-state index in [2.05, 4.69) is 37.7 Å². The highest BCUT2D eigenvalue weighted by Gasteiger charge is 2.14. The third-order valence-corrected chi connectivity index (χ3v) is 4.99. The van der Waals surface area contributed by atoms with Crippen molar-refractivity contribution in [3.05, 3.63) is 70.5 Å². The largest absolute Gasteiger partial charge is 0.497 e. The second-order valence-corrected chi connectivity index (χ2v) is 7.06. The number of fused-ring (bicyclic) bond motifs is 1. The quantitative estimate of drug-likeness (QED) is 0.499. The van der Waals surface area contributed by atoms with E-state index in [4.69, 9.17) is 16.3 Å². The van der Waals surface area contributed by atoms with E-state index in [-0.39, 0.29) is 0 Å². The zero-order chi connectivity index (χ0) is 20.2. The molecule has 0 atom stereocenters. The van der Waals surface area contributed by atoms with Gasteiger partial charge in [0.2, 0.25) is 0 Å². The van der Waals surface area contributed by atoms with Gasteiger partial charge in [-0.3, -0.25) is 0 Å². The van der Waals surface area contributed by atoms with Gasteiger partial charge in [0.1, 0.15) is 11.6 Å². The molecule has 2 aromatic carbocycles. The number of aromatic nitrogens is 5. The number of ether oxygens (including phenoxy) is 1. The van der Waals surface area contributed by atoms with Crippen molar-refractivity contribution >= 4 is 28.6 Å². The van der Waals surface area contributed by atoms with E-state index in [0.717, 1.165) is 24.3 Å². The van der Waals surface area contributed by atoms with Gasteiger partial charge in [-0.1, -0.05) is 47.1 Å². The third kappa shape index (κ3) is 4.30. The number of benzene rings is 2. The van der Waals surface area contributed by atoms with Crippen LogP contribution in [0.1, 0.15) is 17.0 Å². The molecule has 0 saturated carbocycles. The van der Waals surface area contributed by atoms with E-state index in [0.29, 0.717) is 34.4 Å². The lowest BCUT2D eigenvalue weighted by atomic mass is 10.1. The predicted molar refractivity (Wildman–Crippen MR) is 114 cm³/mol. The monoisotopic (exact) mass is 408 g/mol. The molecule has 0 amide bonds. The summed E-state index contributed by atoms with van der Waals surface area (Å²) in [6, 6.07) is 15.7. The van der Waals surface area contributed by atoms with Crippen LogP contribution in [-0.2, 0) is 13.0 Å². The Bertz CT molecular complexity index is 1130. The molecule has 148 valence electrons. The molecule has 4 aromatic rings. The fourth-order valence-electron chi connectivity index (χ4n) is 3.10. The molecule has 2 aromatic heterocycles. The Morgan fingerprint density at radius 3 is 2.62 bits per heavy atom. The lowest BCUT2D eigenvalue weighted by Crippen LogP contribution is -2.09. The van der Waals surface area contributed by atoms with Gasteiger partial charge in [0.15, 0.2) is 17.0 Å². The summed E-state index contributed by atoms with van der Waals surface area (Å²) in [7, 11) is 1.66. The van der Waals surface area contributed by atoms with Crippen molar-refractivity contribution in [2.75, 3.05) is 19.0 Å². The van der Waals surface area contributed by atoms with Crippen LogP contribution in [0.25, 0.3) is 11.2 Å². The summed E-state index contributed by atoms with van der Waals surface area (Å²) in [5.41, 5.74) is 3.51. The summed E-state index contributed by atoms with van der Waals surface area (Å²) in [5.74, 6) is 2.20. The highest BCUT2D eigenvalue weighted by molar-refractivity contribution is 6.31. The summed E-state index contributed by atoms with van der Waals surface area (Å²) in [6.07, 6.45) is 0.850. The van der Waals surface area contributed by atoms with Crippen molar-refractivity contribution in [3.63, 3.8) is 0 Å². The molecule has 7 nitrogen and oxygen atoms in total. The Kier molecular flexibility index (Phi) is 5.57. The van der Waals surface area contributed by atoms with Gasteiger partial charge in [-0.05, 0) is 42.7 Å². The lowest BCUT2D eigenvalue weighted by molar-refractivity contribution is 0.414. The fraction of sp³-hybridized carbons (Fsp3) is 0.238. The van der Waals surface area contributed by atoms with Crippen molar-refractivity contribution in [1.29, 1.82) is 0 Å². The van der Waals surface area contributed by atoms with Gasteiger partial charge in [-0.2, -0.15) is 0 Å². The summed E-state index contributed by atoms with van der Waals surface area (Å²) in [5, 5.41) is 12.6. The van der Waals surface area contributed by atoms with E-state index in [9.17, 15) is 0 Å². The molecule has 0 spiro atoms. The van der Waals surface area contributed by atoms with E-state index in [1.54, 1.807) is 11.8 Å². The van der Waals surface area contributed by atoms with Crippen molar-refractivity contribution in [2.24, 2.45) is 0 Å². The van der Waals surface area contributed by atoms with E-state index in [1.807, 2.05) is 43.3 Å². The molecule has 0 aliphatic heterocycles. The first kappa shape index (κ1) is 19.1. The summed E-state index contributed by atoms with van der Waals surface area (Å²) in [6.45, 7) is 3.08. The number of methoxy groups -OCH3 is 1. The van der Waals surface area contributed by atoms with Crippen LogP contribution in [0.3, 0.4) is 0 Å². The number of nitrogens with one attached hydrogen (secondary N) is 1. The minimum absolute atomic E-state index is 0.498. The molecule has 0 fully saturated rings. The van der Waals surface area contributed by atoms with E-state index < -0.39 is 0 Å². The molecule has 8 heteroatoms. The van der Waals surface area contributed by atoms with Gasteiger partial charge < -0.3 is 10.1 Å². The maximum Gasteiger partial charge on any atom is 0.184 e. The Hall–Kier alpha value is -3.19. The van der Waals surface area contributed by atoms with Crippen LogP contribution in [-0.4, -0.2) is 38.6 Å². The molecule has 2 heterocycles. The van der Waals surface area contributed by atoms with Crippen LogP contribution in [0.5, 0.6) is 5.75 Å². The second kappa shape index (κ2) is 8.45. The molecule has 0 bridgehead atoms. The summed E-state index contributed by atoms with van der Waals surface area (Å²) >= 11 is 6.29. The topological polar surface area (TPSA) is 77.8 Å². The predicted octanol–water partition coefficient (Wildman–Crippen LogP) is 3.89. The van der Waals surface area contributed by atoms with Gasteiger partial charge in [0.25, 0.3) is 0 Å². The zero-order valence-electron chi connectivity index (χ0n) is 16.3. The molecule has 0 aliphatic carbocycles. The Labute approximate surface area is 173 Å². The van der Waals surface area contributed by atoms with Crippen molar-refractivity contribution in [3.8, 4) is 5.75 Å². The average Bonchev–Trinajstić information content (AvgIpc) is 3.13. The lowest BCUT2D eigenvalue weighted by Gasteiger charge is -2.08. The van der Waals surface area contributed by atoms with Gasteiger partial charge in [0, 0.05) is 11.6 Å². The van der Waals surface area contributed by atoms with E-state index >= 15 is 0 Å². The first-order chi connectivity index (χ1) is 14.1. The van der Waals surface area contributed by atoms with Crippen LogP contribution < -0.4 is 10.1 Å². The van der Waals surface area contributed by atoms with Crippen LogP contribution in [0.2, 0.25) is 5.02 Å². The molecule has 0 radical (unpaired) electrons. The first-order valence-electron chi connectivity index (χ1n) is 9.32. The van der Waals surface area contributed by atoms with Crippen molar-refractivity contribution < 1.29 is 4.74 Å². The summed E-state index contributed by atoms with van der Waals surface area (Å²) in [4.78, 5) is 9.05. The number of halogens is 1. The molecule has 1 N–H and O–H groups in total. The third-order valence-electron chi connectivity index (χ3n) is 4.62. The van der Waals surface area contributed by atoms with Gasteiger partial charge in [-0.25, -0.2) is 14.6 Å². The first-order valence-corrected chi connectivity index (χ1v) is 9.70. The minimum Gasteiger partial charge on any atom is -0.497 e. The number of nitrogens with zero attached hydrogens (tertiary/aromatic N) is 5. The normalized spacial score (nSPS) is 11.0. The maximum absolute atomic E-state index is 6.29. The second-order valence-electron chi connectivity index (χ2n) is 6.65. The number of rotatable bonds is 7. The van der Waals surface area contributed by atoms with Gasteiger partial charge >= 0.3 is 0 Å². The van der Waals surface area contributed by atoms with Crippen molar-refractivity contribution in [1.82, 2.24) is 25.0 Å². The van der Waals surface area contributed by atoms with Crippen molar-refractivity contribution in [2.45, 2.75) is 19.9 Å². The van der Waals surface area contributed by atoms with Gasteiger partial charge in [0.05, 0.1) is 13.7 Å². The molecule has 29 heavy (non-hydrogen) atoms. The Balaban J connectivity index is 1.52. The van der Waals surface area contributed by atoms with E-state index in [1.165, 1.54) is 5.56 Å². The SMILES string of the molecule is COc1ccc(CCNc2nc(C)nc3c2nnn3Cc2ccccc2Cl)cc1. The van der Waals surface area contributed by atoms with Crippen LogP contribution in [0.15, 0.2) is 48.5 Å². The number of anilines is 1. The molecule has 4 rings (SSSR count). The molecular formula is C21H21ClN6O. The highest BCUT2D eigenvalue weighted by atomic mass is 35.5. The maximum atomic E-state index is 6.29. The van der Waals surface area contributed by atoms with Gasteiger partial charge in [-0.15, -0.1) is 5.10 Å². The Morgan fingerprint density at radius 2 is 1.86 bits per heavy atom. The molecule has 0 unspecified atom stereocenters.